The van der Waals surface area contributed by atoms with Crippen LogP contribution >= 0.6 is 15.9 Å². The fourth-order valence-corrected chi connectivity index (χ4v) is 2.38. The van der Waals surface area contributed by atoms with Gasteiger partial charge in [-0.15, -0.1) is 0 Å². The van der Waals surface area contributed by atoms with E-state index in [0.717, 1.165) is 0 Å². The van der Waals surface area contributed by atoms with Crippen LogP contribution in [0.15, 0.2) is 22.7 Å². The van der Waals surface area contributed by atoms with Gasteiger partial charge < -0.3 is 0 Å². The number of nitrogens with one attached hydrogen (secondary N) is 1. The van der Waals surface area contributed by atoms with Crippen molar-refractivity contribution < 1.29 is 8.60 Å². The molecule has 0 heterocycles. The van der Waals surface area contributed by atoms with Crippen LogP contribution in [0.3, 0.4) is 0 Å². The van der Waals surface area contributed by atoms with Gasteiger partial charge in [0.05, 0.1) is 15.3 Å². The number of benzene rings is 1. The summed E-state index contributed by atoms with van der Waals surface area (Å²) in [6.07, 6.45) is 0. The van der Waals surface area contributed by atoms with Crippen LogP contribution in [-0.4, -0.2) is 14.0 Å². The molecule has 0 aromatic heterocycles. The molecule has 0 aliphatic rings. The molecule has 1 N–H and O–H groups in total. The van der Waals surface area contributed by atoms with Crippen molar-refractivity contribution >= 4 is 31.8 Å². The predicted octanol–water partition coefficient (Wildman–Crippen LogP) is 3.46. The van der Waals surface area contributed by atoms with Gasteiger partial charge in [-0.3, -0.25) is 9.62 Å². The van der Waals surface area contributed by atoms with Crippen LogP contribution in [0.4, 0.5) is 4.39 Å². The Morgan fingerprint density at radius 2 is 2.00 bits per heavy atom. The van der Waals surface area contributed by atoms with Crippen LogP contribution < -0.4 is 0 Å². The maximum atomic E-state index is 13.0. The Labute approximate surface area is 105 Å². The van der Waals surface area contributed by atoms with Crippen molar-refractivity contribution in [1.82, 2.24) is 0 Å². The zero-order chi connectivity index (χ0) is 12.5. The molecule has 0 aliphatic carbocycles. The molecule has 0 radical (unpaired) electrons. The van der Waals surface area contributed by atoms with Crippen LogP contribution in [0.5, 0.6) is 0 Å². The van der Waals surface area contributed by atoms with Gasteiger partial charge in [0.15, 0.2) is 0 Å². The van der Waals surface area contributed by atoms with E-state index in [1.54, 1.807) is 20.8 Å². The second-order valence-electron chi connectivity index (χ2n) is 4.34. The fourth-order valence-electron chi connectivity index (χ4n) is 1.05. The predicted molar refractivity (Wildman–Crippen MR) is 68.8 cm³/mol. The van der Waals surface area contributed by atoms with Crippen molar-refractivity contribution in [3.05, 3.63) is 34.1 Å². The lowest BCUT2D eigenvalue weighted by atomic mass is 10.2. The van der Waals surface area contributed by atoms with E-state index in [2.05, 4.69) is 15.9 Å². The topological polar surface area (TPSA) is 40.9 Å². The van der Waals surface area contributed by atoms with Gasteiger partial charge in [-0.25, -0.2) is 4.39 Å². The van der Waals surface area contributed by atoms with Gasteiger partial charge in [0.1, 0.15) is 10.9 Å². The van der Waals surface area contributed by atoms with E-state index in [4.69, 9.17) is 5.41 Å². The first-order valence-corrected chi connectivity index (χ1v) is 6.63. The normalized spacial score (nSPS) is 13.6. The lowest BCUT2D eigenvalue weighted by molar-refractivity contribution is 0.621. The smallest absolute Gasteiger partial charge is 0.137 e. The summed E-state index contributed by atoms with van der Waals surface area (Å²) in [7, 11) is -1.41. The molecule has 0 spiro atoms. The summed E-state index contributed by atoms with van der Waals surface area (Å²) >= 11 is 3.04. The third-order valence-electron chi connectivity index (χ3n) is 1.92. The monoisotopic (exact) mass is 305 g/mol. The zero-order valence-corrected chi connectivity index (χ0v) is 11.7. The average Bonchev–Trinajstić information content (AvgIpc) is 2.18. The first-order valence-electron chi connectivity index (χ1n) is 4.69. The summed E-state index contributed by atoms with van der Waals surface area (Å²) in [5.74, 6) is -0.391. The van der Waals surface area contributed by atoms with Crippen molar-refractivity contribution in [1.29, 1.82) is 5.41 Å². The molecule has 2 nitrogen and oxygen atoms in total. The molecule has 16 heavy (non-hydrogen) atoms. The summed E-state index contributed by atoms with van der Waals surface area (Å²) < 4.78 is 24.7. The van der Waals surface area contributed by atoms with Crippen LogP contribution in [0.1, 0.15) is 26.3 Å². The molecule has 5 heteroatoms. The summed E-state index contributed by atoms with van der Waals surface area (Å²) in [4.78, 5) is 0. The van der Waals surface area contributed by atoms with Gasteiger partial charge in [-0.1, -0.05) is 0 Å². The fraction of sp³-hybridized carbons (Fsp3) is 0.364. The Morgan fingerprint density at radius 1 is 1.44 bits per heavy atom. The third-order valence-corrected chi connectivity index (χ3v) is 4.25. The van der Waals surface area contributed by atoms with E-state index in [9.17, 15) is 8.60 Å². The highest BCUT2D eigenvalue weighted by molar-refractivity contribution is 9.10. The molecule has 1 aromatic carbocycles. The molecular formula is C11H13BrFNOS. The summed E-state index contributed by atoms with van der Waals surface area (Å²) in [5.41, 5.74) is 0.474. The molecule has 1 aromatic rings. The van der Waals surface area contributed by atoms with E-state index in [1.807, 2.05) is 0 Å². The molecule has 1 unspecified atom stereocenters. The standard InChI is InChI=1S/C11H13BrFNOS/c1-11(2,3)16(15)10(14)7-4-5-9(13)8(12)6-7/h4-6,14H,1-3H3. The van der Waals surface area contributed by atoms with Crippen molar-refractivity contribution in [2.45, 2.75) is 25.5 Å². The van der Waals surface area contributed by atoms with Crippen molar-refractivity contribution in [2.75, 3.05) is 0 Å². The van der Waals surface area contributed by atoms with E-state index in [1.165, 1.54) is 18.2 Å². The molecule has 0 fully saturated rings. The SMILES string of the molecule is CC(C)(C)S(=O)C(=N)c1ccc(F)c(Br)c1. The van der Waals surface area contributed by atoms with Crippen LogP contribution in [0.25, 0.3) is 0 Å². The first kappa shape index (κ1) is 13.5. The minimum Gasteiger partial charge on any atom is -0.291 e. The number of hydrogen-bond acceptors (Lipinski definition) is 2. The molecule has 0 saturated carbocycles. The molecule has 88 valence electrons. The van der Waals surface area contributed by atoms with E-state index >= 15 is 0 Å². The van der Waals surface area contributed by atoms with Crippen LogP contribution in [0, 0.1) is 11.2 Å². The molecule has 1 atom stereocenters. The third kappa shape index (κ3) is 2.98. The highest BCUT2D eigenvalue weighted by atomic mass is 79.9. The average molecular weight is 306 g/mol. The van der Waals surface area contributed by atoms with Crippen LogP contribution in [-0.2, 0) is 10.8 Å². The largest absolute Gasteiger partial charge is 0.291 e. The Kier molecular flexibility index (Phi) is 4.02. The van der Waals surface area contributed by atoms with E-state index in [-0.39, 0.29) is 9.52 Å². The van der Waals surface area contributed by atoms with Gasteiger partial charge in [0, 0.05) is 10.3 Å². The first-order chi connectivity index (χ1) is 7.23. The molecule has 0 amide bonds. The quantitative estimate of drug-likeness (QED) is 0.626. The van der Waals surface area contributed by atoms with Gasteiger partial charge >= 0.3 is 0 Å². The van der Waals surface area contributed by atoms with Gasteiger partial charge in [0.25, 0.3) is 0 Å². The summed E-state index contributed by atoms with van der Waals surface area (Å²) in [5, 5.41) is 7.84. The molecule has 0 aliphatic heterocycles. The van der Waals surface area contributed by atoms with Gasteiger partial charge in [-0.05, 0) is 54.9 Å². The van der Waals surface area contributed by atoms with E-state index in [0.29, 0.717) is 5.56 Å². The Bertz CT molecular complexity index is 454. The highest BCUT2D eigenvalue weighted by Gasteiger charge is 2.24. The van der Waals surface area contributed by atoms with Crippen LogP contribution in [0.2, 0.25) is 0 Å². The lowest BCUT2D eigenvalue weighted by Crippen LogP contribution is -2.28. The minimum absolute atomic E-state index is 0.0215. The Hall–Kier alpha value is -0.550. The highest BCUT2D eigenvalue weighted by Crippen LogP contribution is 2.21. The number of hydrogen-bond donors (Lipinski definition) is 1. The second-order valence-corrected chi connectivity index (χ2v) is 7.36. The summed E-state index contributed by atoms with van der Waals surface area (Å²) in [6.45, 7) is 5.41. The molecule has 0 bridgehead atoms. The van der Waals surface area contributed by atoms with Crippen molar-refractivity contribution in [3.8, 4) is 0 Å². The lowest BCUT2D eigenvalue weighted by Gasteiger charge is -2.18. The summed E-state index contributed by atoms with van der Waals surface area (Å²) in [6, 6.07) is 4.20. The number of rotatable bonds is 1. The zero-order valence-electron chi connectivity index (χ0n) is 9.30. The second kappa shape index (κ2) is 4.75. The maximum absolute atomic E-state index is 13.0. The molecule has 1 rings (SSSR count). The molecule has 0 saturated heterocycles. The number of halogens is 2. The Balaban J connectivity index is 3.07. The van der Waals surface area contributed by atoms with Crippen molar-refractivity contribution in [2.24, 2.45) is 0 Å². The maximum Gasteiger partial charge on any atom is 0.137 e. The molecular weight excluding hydrogens is 293 g/mol. The van der Waals surface area contributed by atoms with E-state index < -0.39 is 21.4 Å². The minimum atomic E-state index is -1.41. The van der Waals surface area contributed by atoms with Crippen molar-refractivity contribution in [3.63, 3.8) is 0 Å². The van der Waals surface area contributed by atoms with Gasteiger partial charge in [-0.2, -0.15) is 0 Å². The van der Waals surface area contributed by atoms with Gasteiger partial charge in [0.2, 0.25) is 0 Å². The Morgan fingerprint density at radius 3 is 2.44 bits per heavy atom.